The average molecular weight is 427 g/mol. The minimum atomic E-state index is -0.483. The average Bonchev–Trinajstić information content (AvgIpc) is 3.01. The number of piperazine rings is 1. The van der Waals surface area contributed by atoms with E-state index in [1.54, 1.807) is 0 Å². The molecule has 1 heterocycles. The Morgan fingerprint density at radius 1 is 0.781 bits per heavy atom. The molecule has 0 N–H and O–H groups in total. The molecule has 1 aliphatic heterocycles. The number of ether oxygens (including phenoxy) is 1. The van der Waals surface area contributed by atoms with E-state index in [1.165, 1.54) is 22.3 Å². The summed E-state index contributed by atoms with van der Waals surface area (Å²) in [4.78, 5) is 17.5. The van der Waals surface area contributed by atoms with Crippen LogP contribution in [-0.4, -0.2) is 48.0 Å². The highest BCUT2D eigenvalue weighted by molar-refractivity contribution is 5.81. The van der Waals surface area contributed by atoms with Crippen LogP contribution in [0.1, 0.15) is 35.2 Å². The predicted molar refractivity (Wildman–Crippen MR) is 127 cm³/mol. The molecule has 0 saturated carbocycles. The van der Waals surface area contributed by atoms with Crippen molar-refractivity contribution in [2.24, 2.45) is 0 Å². The van der Waals surface area contributed by atoms with Crippen molar-refractivity contribution in [2.45, 2.75) is 31.9 Å². The van der Waals surface area contributed by atoms with Gasteiger partial charge in [-0.2, -0.15) is 0 Å². The number of rotatable bonds is 4. The van der Waals surface area contributed by atoms with E-state index in [1.807, 2.05) is 42.2 Å². The van der Waals surface area contributed by atoms with Crippen LogP contribution in [0.4, 0.5) is 0 Å². The molecule has 1 aliphatic carbocycles. The summed E-state index contributed by atoms with van der Waals surface area (Å²) in [5, 5.41) is 0. The number of nitrogens with zero attached hydrogens (tertiary/aromatic N) is 2. The lowest BCUT2D eigenvalue weighted by Crippen LogP contribution is -2.52. The fraction of sp³-hybridized carbons (Fsp3) is 0.321. The van der Waals surface area contributed by atoms with E-state index in [4.69, 9.17) is 4.74 Å². The van der Waals surface area contributed by atoms with E-state index in [9.17, 15) is 4.79 Å². The molecule has 0 bridgehead atoms. The number of hydrogen-bond acceptors (Lipinski definition) is 3. The van der Waals surface area contributed by atoms with Gasteiger partial charge in [0.25, 0.3) is 5.91 Å². The molecule has 0 unspecified atom stereocenters. The quantitative estimate of drug-likeness (QED) is 0.616. The third-order valence-electron chi connectivity index (χ3n) is 6.76. The molecule has 0 radical (unpaired) electrons. The molecular weight excluding hydrogens is 396 g/mol. The molecule has 1 fully saturated rings. The predicted octanol–water partition coefficient (Wildman–Crippen LogP) is 4.49. The summed E-state index contributed by atoms with van der Waals surface area (Å²) < 4.78 is 5.88. The highest BCUT2D eigenvalue weighted by atomic mass is 16.5. The maximum absolute atomic E-state index is 13.0. The summed E-state index contributed by atoms with van der Waals surface area (Å²) in [7, 11) is 0. The van der Waals surface area contributed by atoms with Crippen molar-refractivity contribution in [1.82, 2.24) is 9.80 Å². The van der Waals surface area contributed by atoms with E-state index in [2.05, 4.69) is 53.4 Å². The maximum atomic E-state index is 13.0. The Hall–Kier alpha value is -3.11. The van der Waals surface area contributed by atoms with Gasteiger partial charge >= 0.3 is 0 Å². The zero-order chi connectivity index (χ0) is 21.9. The Morgan fingerprint density at radius 2 is 1.31 bits per heavy atom. The molecule has 4 nitrogen and oxygen atoms in total. The Morgan fingerprint density at radius 3 is 1.91 bits per heavy atom. The lowest BCUT2D eigenvalue weighted by molar-refractivity contribution is -0.140. The van der Waals surface area contributed by atoms with E-state index in [0.29, 0.717) is 0 Å². The number of carbonyl (C=O) groups is 1. The second-order valence-electron chi connectivity index (χ2n) is 8.73. The van der Waals surface area contributed by atoms with Crippen LogP contribution in [0.3, 0.4) is 0 Å². The Balaban J connectivity index is 1.32. The SMILES string of the molecule is C[C@@H](Oc1ccccc1)C(=O)N1CCN(C2c3ccccc3CCc3ccccc32)CC1. The maximum Gasteiger partial charge on any atom is 0.263 e. The van der Waals surface area contributed by atoms with Crippen molar-refractivity contribution in [3.8, 4) is 5.75 Å². The number of para-hydroxylation sites is 1. The monoisotopic (exact) mass is 426 g/mol. The number of amides is 1. The van der Waals surface area contributed by atoms with E-state index in [0.717, 1.165) is 44.8 Å². The van der Waals surface area contributed by atoms with Gasteiger partial charge in [-0.25, -0.2) is 0 Å². The van der Waals surface area contributed by atoms with Crippen LogP contribution in [-0.2, 0) is 17.6 Å². The third-order valence-corrected chi connectivity index (χ3v) is 6.76. The van der Waals surface area contributed by atoms with Gasteiger partial charge in [-0.1, -0.05) is 66.7 Å². The van der Waals surface area contributed by atoms with Crippen molar-refractivity contribution in [3.63, 3.8) is 0 Å². The first-order valence-electron chi connectivity index (χ1n) is 11.6. The van der Waals surface area contributed by atoms with Crippen molar-refractivity contribution < 1.29 is 9.53 Å². The lowest BCUT2D eigenvalue weighted by Gasteiger charge is -2.40. The molecule has 3 aromatic carbocycles. The van der Waals surface area contributed by atoms with Crippen LogP contribution in [0.5, 0.6) is 5.75 Å². The van der Waals surface area contributed by atoms with Gasteiger partial charge in [0.15, 0.2) is 6.10 Å². The highest BCUT2D eigenvalue weighted by Gasteiger charge is 2.33. The zero-order valence-electron chi connectivity index (χ0n) is 18.6. The first-order chi connectivity index (χ1) is 15.7. The smallest absolute Gasteiger partial charge is 0.263 e. The number of carbonyl (C=O) groups excluding carboxylic acids is 1. The summed E-state index contributed by atoms with van der Waals surface area (Å²) in [5.74, 6) is 0.800. The molecule has 1 atom stereocenters. The lowest BCUT2D eigenvalue weighted by atomic mass is 9.92. The van der Waals surface area contributed by atoms with Gasteiger partial charge in [0.1, 0.15) is 5.75 Å². The van der Waals surface area contributed by atoms with Crippen LogP contribution in [0, 0.1) is 0 Å². The van der Waals surface area contributed by atoms with Crippen LogP contribution in [0.15, 0.2) is 78.9 Å². The highest BCUT2D eigenvalue weighted by Crippen LogP contribution is 2.37. The van der Waals surface area contributed by atoms with Gasteiger partial charge in [0, 0.05) is 26.2 Å². The van der Waals surface area contributed by atoms with E-state index in [-0.39, 0.29) is 11.9 Å². The summed E-state index contributed by atoms with van der Waals surface area (Å²) in [6.07, 6.45) is 1.68. The number of hydrogen-bond donors (Lipinski definition) is 0. The van der Waals surface area contributed by atoms with Crippen molar-refractivity contribution >= 4 is 5.91 Å². The van der Waals surface area contributed by atoms with Gasteiger partial charge in [-0.15, -0.1) is 0 Å². The standard InChI is InChI=1S/C28H30N2O2/c1-21(32-24-11-3-2-4-12-24)28(31)30-19-17-29(18-20-30)27-25-13-7-5-9-22(25)15-16-23-10-6-8-14-26(23)27/h2-14,21,27H,15-20H2,1H3/t21-/m1/s1. The minimum Gasteiger partial charge on any atom is -0.481 e. The zero-order valence-corrected chi connectivity index (χ0v) is 18.6. The summed E-state index contributed by atoms with van der Waals surface area (Å²) in [6, 6.07) is 27.6. The van der Waals surface area contributed by atoms with Gasteiger partial charge in [0.05, 0.1) is 6.04 Å². The molecule has 0 aromatic heterocycles. The second-order valence-corrected chi connectivity index (χ2v) is 8.73. The minimum absolute atomic E-state index is 0.0650. The molecule has 0 spiro atoms. The Labute approximate surface area is 190 Å². The van der Waals surface area contributed by atoms with Crippen LogP contribution < -0.4 is 4.74 Å². The molecule has 164 valence electrons. The summed E-state index contributed by atoms with van der Waals surface area (Å²) in [5.41, 5.74) is 5.71. The Kier molecular flexibility index (Phi) is 5.95. The molecule has 4 heteroatoms. The fourth-order valence-corrected chi connectivity index (χ4v) is 5.10. The molecule has 1 saturated heterocycles. The molecule has 5 rings (SSSR count). The van der Waals surface area contributed by atoms with Crippen molar-refractivity contribution in [3.05, 3.63) is 101 Å². The first kappa shape index (κ1) is 20.8. The van der Waals surface area contributed by atoms with Gasteiger partial charge < -0.3 is 9.64 Å². The van der Waals surface area contributed by atoms with Gasteiger partial charge in [-0.05, 0) is 54.2 Å². The van der Waals surface area contributed by atoms with E-state index < -0.39 is 6.10 Å². The topological polar surface area (TPSA) is 32.8 Å². The number of benzene rings is 3. The molecule has 1 amide bonds. The van der Waals surface area contributed by atoms with Crippen molar-refractivity contribution in [2.75, 3.05) is 26.2 Å². The molecule has 3 aromatic rings. The van der Waals surface area contributed by atoms with Gasteiger partial charge in [-0.3, -0.25) is 9.69 Å². The van der Waals surface area contributed by atoms with Crippen molar-refractivity contribution in [1.29, 1.82) is 0 Å². The van der Waals surface area contributed by atoms with E-state index >= 15 is 0 Å². The normalized spacial score (nSPS) is 17.7. The summed E-state index contributed by atoms with van der Waals surface area (Å²) in [6.45, 7) is 5.01. The van der Waals surface area contributed by atoms with Crippen LogP contribution in [0.2, 0.25) is 0 Å². The number of fused-ring (bicyclic) bond motifs is 2. The molecule has 2 aliphatic rings. The first-order valence-corrected chi connectivity index (χ1v) is 11.6. The second kappa shape index (κ2) is 9.17. The van der Waals surface area contributed by atoms with Crippen LogP contribution in [0.25, 0.3) is 0 Å². The largest absolute Gasteiger partial charge is 0.481 e. The Bertz CT molecular complexity index is 1030. The molecule has 32 heavy (non-hydrogen) atoms. The van der Waals surface area contributed by atoms with Crippen LogP contribution >= 0.6 is 0 Å². The van der Waals surface area contributed by atoms with Gasteiger partial charge in [0.2, 0.25) is 0 Å². The fourth-order valence-electron chi connectivity index (χ4n) is 5.10. The third kappa shape index (κ3) is 4.15. The summed E-state index contributed by atoms with van der Waals surface area (Å²) >= 11 is 0. The molecular formula is C28H30N2O2. The number of aryl methyl sites for hydroxylation is 2.